The first kappa shape index (κ1) is 15.1. The molecule has 112 valence electrons. The number of benzene rings is 1. The Balaban J connectivity index is 1.83. The second-order valence-corrected chi connectivity index (χ2v) is 5.24. The van der Waals surface area contributed by atoms with Crippen LogP contribution in [-0.2, 0) is 4.74 Å². The molecule has 2 rings (SSSR count). The molecule has 4 heteroatoms. The Bertz CT molecular complexity index is 388. The fourth-order valence-corrected chi connectivity index (χ4v) is 2.65. The molecule has 2 N–H and O–H groups in total. The summed E-state index contributed by atoms with van der Waals surface area (Å²) in [6.45, 7) is 6.74. The van der Waals surface area contributed by atoms with E-state index in [4.69, 9.17) is 9.84 Å². The second kappa shape index (κ2) is 7.50. The summed E-state index contributed by atoms with van der Waals surface area (Å²) in [4.78, 5) is 2.16. The van der Waals surface area contributed by atoms with E-state index in [9.17, 15) is 0 Å². The van der Waals surface area contributed by atoms with E-state index in [1.54, 1.807) is 0 Å². The highest BCUT2D eigenvalue weighted by atomic mass is 16.5. The summed E-state index contributed by atoms with van der Waals surface area (Å²) >= 11 is 0. The monoisotopic (exact) mass is 278 g/mol. The smallest absolute Gasteiger partial charge is 0.0614 e. The van der Waals surface area contributed by atoms with Crippen LogP contribution in [0.25, 0.3) is 0 Å². The van der Waals surface area contributed by atoms with Crippen LogP contribution in [0.1, 0.15) is 26.7 Å². The Morgan fingerprint density at radius 1 is 1.25 bits per heavy atom. The molecule has 1 aliphatic rings. The summed E-state index contributed by atoms with van der Waals surface area (Å²) in [5, 5.41) is 12.6. The number of hydrogen-bond donors (Lipinski definition) is 2. The van der Waals surface area contributed by atoms with Gasteiger partial charge in [0.2, 0.25) is 0 Å². The summed E-state index contributed by atoms with van der Waals surface area (Å²) in [7, 11) is 0. The van der Waals surface area contributed by atoms with Crippen LogP contribution in [-0.4, -0.2) is 43.6 Å². The molecule has 4 nitrogen and oxygen atoms in total. The normalized spacial score (nSPS) is 21.4. The minimum absolute atomic E-state index is 0.189. The van der Waals surface area contributed by atoms with Gasteiger partial charge < -0.3 is 20.1 Å². The molecule has 0 spiro atoms. The Labute approximate surface area is 121 Å². The molecular formula is C16H26N2O2. The van der Waals surface area contributed by atoms with Crippen molar-refractivity contribution in [2.75, 3.05) is 36.5 Å². The number of anilines is 2. The van der Waals surface area contributed by atoms with Crippen molar-refractivity contribution >= 4 is 11.4 Å². The molecule has 0 bridgehead atoms. The zero-order valence-electron chi connectivity index (χ0n) is 12.5. The fourth-order valence-electron chi connectivity index (χ4n) is 2.65. The van der Waals surface area contributed by atoms with Crippen molar-refractivity contribution in [3.05, 3.63) is 24.3 Å². The SMILES string of the molecule is CCOC1CC(Nc2ccc(N(CC)CCO)cc2)C1. The Morgan fingerprint density at radius 2 is 1.95 bits per heavy atom. The van der Waals surface area contributed by atoms with Crippen molar-refractivity contribution in [3.8, 4) is 0 Å². The quantitative estimate of drug-likeness (QED) is 0.767. The van der Waals surface area contributed by atoms with Crippen molar-refractivity contribution in [3.63, 3.8) is 0 Å². The van der Waals surface area contributed by atoms with E-state index in [0.29, 0.717) is 18.7 Å². The van der Waals surface area contributed by atoms with Gasteiger partial charge in [0, 0.05) is 37.1 Å². The average Bonchev–Trinajstić information content (AvgIpc) is 2.43. The van der Waals surface area contributed by atoms with Gasteiger partial charge in [0.1, 0.15) is 0 Å². The first-order valence-corrected chi connectivity index (χ1v) is 7.60. The predicted molar refractivity (Wildman–Crippen MR) is 83.5 cm³/mol. The van der Waals surface area contributed by atoms with Crippen molar-refractivity contribution in [1.82, 2.24) is 0 Å². The maximum atomic E-state index is 9.04. The third-order valence-electron chi connectivity index (χ3n) is 3.85. The summed E-state index contributed by atoms with van der Waals surface area (Å²) < 4.78 is 5.57. The van der Waals surface area contributed by atoms with Gasteiger partial charge in [0.15, 0.2) is 0 Å². The Hall–Kier alpha value is -1.26. The van der Waals surface area contributed by atoms with Gasteiger partial charge in [-0.25, -0.2) is 0 Å². The lowest BCUT2D eigenvalue weighted by Gasteiger charge is -2.36. The molecule has 0 heterocycles. The van der Waals surface area contributed by atoms with Crippen molar-refractivity contribution in [2.24, 2.45) is 0 Å². The van der Waals surface area contributed by atoms with Crippen LogP contribution >= 0.6 is 0 Å². The molecule has 0 atom stereocenters. The number of rotatable bonds is 8. The lowest BCUT2D eigenvalue weighted by Crippen LogP contribution is -2.40. The number of likely N-dealkylation sites (N-methyl/N-ethyl adjacent to an activating group) is 1. The molecule has 0 radical (unpaired) electrons. The van der Waals surface area contributed by atoms with E-state index in [-0.39, 0.29) is 6.61 Å². The third kappa shape index (κ3) is 3.87. The summed E-state index contributed by atoms with van der Waals surface area (Å²) in [6, 6.07) is 8.99. The predicted octanol–water partition coefficient (Wildman–Crippen LogP) is 2.48. The van der Waals surface area contributed by atoms with E-state index >= 15 is 0 Å². The van der Waals surface area contributed by atoms with Crippen molar-refractivity contribution < 1.29 is 9.84 Å². The molecule has 1 fully saturated rings. The van der Waals surface area contributed by atoms with Gasteiger partial charge in [-0.15, -0.1) is 0 Å². The van der Waals surface area contributed by atoms with Crippen LogP contribution in [0.5, 0.6) is 0 Å². The molecule has 0 aromatic heterocycles. The number of nitrogens with zero attached hydrogens (tertiary/aromatic N) is 1. The van der Waals surface area contributed by atoms with E-state index in [1.165, 1.54) is 0 Å². The van der Waals surface area contributed by atoms with Crippen molar-refractivity contribution in [1.29, 1.82) is 0 Å². The highest BCUT2D eigenvalue weighted by Gasteiger charge is 2.29. The summed E-state index contributed by atoms with van der Waals surface area (Å²) in [6.07, 6.45) is 2.64. The Morgan fingerprint density at radius 3 is 2.50 bits per heavy atom. The molecule has 0 unspecified atom stereocenters. The first-order chi connectivity index (χ1) is 9.76. The van der Waals surface area contributed by atoms with Gasteiger partial charge in [-0.05, 0) is 51.0 Å². The van der Waals surface area contributed by atoms with E-state index < -0.39 is 0 Å². The number of aliphatic hydroxyl groups excluding tert-OH is 1. The number of nitrogens with one attached hydrogen (secondary N) is 1. The number of aliphatic hydroxyl groups is 1. The highest BCUT2D eigenvalue weighted by molar-refractivity contribution is 5.55. The van der Waals surface area contributed by atoms with Gasteiger partial charge in [-0.3, -0.25) is 0 Å². The van der Waals surface area contributed by atoms with E-state index in [0.717, 1.165) is 37.4 Å². The average molecular weight is 278 g/mol. The molecule has 1 aromatic rings. The maximum Gasteiger partial charge on any atom is 0.0614 e. The summed E-state index contributed by atoms with van der Waals surface area (Å²) in [5.74, 6) is 0. The second-order valence-electron chi connectivity index (χ2n) is 5.24. The van der Waals surface area contributed by atoms with Crippen LogP contribution in [0.3, 0.4) is 0 Å². The molecule has 1 aromatic carbocycles. The molecule has 1 saturated carbocycles. The third-order valence-corrected chi connectivity index (χ3v) is 3.85. The van der Waals surface area contributed by atoms with Crippen LogP contribution in [0, 0.1) is 0 Å². The molecule has 0 saturated heterocycles. The Kier molecular flexibility index (Phi) is 5.68. The number of hydrogen-bond acceptors (Lipinski definition) is 4. The molecule has 0 amide bonds. The van der Waals surface area contributed by atoms with Gasteiger partial charge in [0.25, 0.3) is 0 Å². The largest absolute Gasteiger partial charge is 0.395 e. The lowest BCUT2D eigenvalue weighted by atomic mass is 9.89. The molecule has 1 aliphatic carbocycles. The minimum atomic E-state index is 0.189. The van der Waals surface area contributed by atoms with Gasteiger partial charge in [0.05, 0.1) is 12.7 Å². The van der Waals surface area contributed by atoms with E-state index in [2.05, 4.69) is 41.4 Å². The molecule has 0 aliphatic heterocycles. The minimum Gasteiger partial charge on any atom is -0.395 e. The van der Waals surface area contributed by atoms with Crippen LogP contribution in [0.2, 0.25) is 0 Å². The summed E-state index contributed by atoms with van der Waals surface area (Å²) in [5.41, 5.74) is 2.32. The zero-order valence-corrected chi connectivity index (χ0v) is 12.5. The van der Waals surface area contributed by atoms with Crippen LogP contribution in [0.4, 0.5) is 11.4 Å². The fraction of sp³-hybridized carbons (Fsp3) is 0.625. The molecule has 20 heavy (non-hydrogen) atoms. The standard InChI is InChI=1S/C16H26N2O2/c1-3-18(9-10-19)15-7-5-13(6-8-15)17-14-11-16(12-14)20-4-2/h5-8,14,16-17,19H,3-4,9-12H2,1-2H3. The van der Waals surface area contributed by atoms with E-state index in [1.807, 2.05) is 6.92 Å². The van der Waals surface area contributed by atoms with Crippen LogP contribution < -0.4 is 10.2 Å². The molecular weight excluding hydrogens is 252 g/mol. The highest BCUT2D eigenvalue weighted by Crippen LogP contribution is 2.27. The maximum absolute atomic E-state index is 9.04. The van der Waals surface area contributed by atoms with Gasteiger partial charge >= 0.3 is 0 Å². The van der Waals surface area contributed by atoms with Gasteiger partial charge in [-0.2, -0.15) is 0 Å². The van der Waals surface area contributed by atoms with Crippen LogP contribution in [0.15, 0.2) is 24.3 Å². The zero-order chi connectivity index (χ0) is 14.4. The van der Waals surface area contributed by atoms with Gasteiger partial charge in [-0.1, -0.05) is 0 Å². The first-order valence-electron chi connectivity index (χ1n) is 7.60. The van der Waals surface area contributed by atoms with Crippen molar-refractivity contribution in [2.45, 2.75) is 38.8 Å². The lowest BCUT2D eigenvalue weighted by molar-refractivity contribution is 0.00299. The number of ether oxygens (including phenoxy) is 1. The topological polar surface area (TPSA) is 44.7 Å².